The molecule has 0 fully saturated rings. The van der Waals surface area contributed by atoms with Gasteiger partial charge >= 0.3 is 0 Å². The maximum absolute atomic E-state index is 12.6. The molecule has 11 heteroatoms. The summed E-state index contributed by atoms with van der Waals surface area (Å²) in [7, 11) is 1.54. The van der Waals surface area contributed by atoms with Crippen LogP contribution in [0.2, 0.25) is 0 Å². The van der Waals surface area contributed by atoms with E-state index in [2.05, 4.69) is 15.5 Å². The molecule has 3 rings (SSSR count). The van der Waals surface area contributed by atoms with E-state index < -0.39 is 11.0 Å². The molecule has 0 aliphatic heterocycles. The molecule has 168 valence electrons. The second-order valence-corrected chi connectivity index (χ2v) is 7.64. The third-order valence-corrected chi connectivity index (χ3v) is 5.77. The Morgan fingerprint density at radius 1 is 1.25 bits per heavy atom. The first-order chi connectivity index (χ1) is 15.5. The molecule has 1 aromatic heterocycles. The molecule has 3 aromatic rings. The minimum absolute atomic E-state index is 0.0442. The van der Waals surface area contributed by atoms with Crippen LogP contribution in [-0.2, 0) is 12.3 Å². The van der Waals surface area contributed by atoms with Gasteiger partial charge in [0.2, 0.25) is 0 Å². The molecule has 0 aliphatic carbocycles. The van der Waals surface area contributed by atoms with Crippen LogP contribution in [0.1, 0.15) is 34.7 Å². The topological polar surface area (TPSA) is 132 Å². The number of carbonyl (C=O) groups is 1. The summed E-state index contributed by atoms with van der Waals surface area (Å²) in [5.74, 6) is 0.997. The summed E-state index contributed by atoms with van der Waals surface area (Å²) in [6.07, 6.45) is 0. The van der Waals surface area contributed by atoms with Crippen LogP contribution in [0, 0.1) is 10.1 Å². The van der Waals surface area contributed by atoms with Crippen molar-refractivity contribution in [2.75, 3.05) is 13.7 Å². The standard InChI is InChI=1S/C21H23N5O5S/c1-3-25-19(17(12-27)22-20(28)14-8-10-16(31-2)11-9-14)23-24-21(25)32-13-15-6-4-5-7-18(15)26(29)30/h4-11,17,27H,3,12-13H2,1-2H3,(H,22,28)/t17-/m0/s1. The summed E-state index contributed by atoms with van der Waals surface area (Å²) < 4.78 is 6.87. The number of hydrogen-bond donors (Lipinski definition) is 2. The van der Waals surface area contributed by atoms with E-state index in [1.807, 2.05) is 6.92 Å². The third-order valence-electron chi connectivity index (χ3n) is 4.76. The van der Waals surface area contributed by atoms with Crippen molar-refractivity contribution in [1.29, 1.82) is 0 Å². The van der Waals surface area contributed by atoms with Crippen molar-refractivity contribution >= 4 is 23.4 Å². The Morgan fingerprint density at radius 2 is 1.97 bits per heavy atom. The Kier molecular flexibility index (Phi) is 7.79. The van der Waals surface area contributed by atoms with Crippen LogP contribution in [0.4, 0.5) is 5.69 Å². The monoisotopic (exact) mass is 457 g/mol. The van der Waals surface area contributed by atoms with Gasteiger partial charge in [-0.25, -0.2) is 0 Å². The summed E-state index contributed by atoms with van der Waals surface area (Å²) in [6.45, 7) is 2.02. The van der Waals surface area contributed by atoms with Crippen molar-refractivity contribution in [3.8, 4) is 5.75 Å². The zero-order valence-electron chi connectivity index (χ0n) is 17.6. The number of aliphatic hydroxyl groups excluding tert-OH is 1. The van der Waals surface area contributed by atoms with E-state index in [1.54, 1.807) is 54.1 Å². The van der Waals surface area contributed by atoms with E-state index in [9.17, 15) is 20.0 Å². The lowest BCUT2D eigenvalue weighted by molar-refractivity contribution is -0.385. The highest BCUT2D eigenvalue weighted by Gasteiger charge is 2.23. The van der Waals surface area contributed by atoms with Crippen molar-refractivity contribution in [1.82, 2.24) is 20.1 Å². The fourth-order valence-corrected chi connectivity index (χ4v) is 4.10. The fraction of sp³-hybridized carbons (Fsp3) is 0.286. The Bertz CT molecular complexity index is 1090. The number of nitrogens with zero attached hydrogens (tertiary/aromatic N) is 4. The van der Waals surface area contributed by atoms with E-state index in [0.29, 0.717) is 40.2 Å². The molecule has 1 amide bonds. The molecule has 0 bridgehead atoms. The van der Waals surface area contributed by atoms with Gasteiger partial charge in [-0.1, -0.05) is 30.0 Å². The quantitative estimate of drug-likeness (QED) is 0.270. The first kappa shape index (κ1) is 23.2. The third kappa shape index (κ3) is 5.24. The van der Waals surface area contributed by atoms with Crippen LogP contribution in [0.15, 0.2) is 53.7 Å². The number of amides is 1. The number of aliphatic hydroxyl groups is 1. The molecule has 2 aromatic carbocycles. The number of aromatic nitrogens is 3. The van der Waals surface area contributed by atoms with E-state index in [0.717, 1.165) is 0 Å². The van der Waals surface area contributed by atoms with Crippen molar-refractivity contribution in [2.24, 2.45) is 0 Å². The lowest BCUT2D eigenvalue weighted by atomic mass is 10.2. The largest absolute Gasteiger partial charge is 0.497 e. The SMILES string of the molecule is CCn1c(SCc2ccccc2[N+](=O)[O-])nnc1[C@H](CO)NC(=O)c1ccc(OC)cc1. The number of carbonyl (C=O) groups excluding carboxylic acids is 1. The molecule has 0 spiro atoms. The van der Waals surface area contributed by atoms with Gasteiger partial charge in [0, 0.05) is 29.5 Å². The predicted molar refractivity (Wildman–Crippen MR) is 119 cm³/mol. The minimum Gasteiger partial charge on any atom is -0.497 e. The van der Waals surface area contributed by atoms with Crippen LogP contribution >= 0.6 is 11.8 Å². The normalized spacial score (nSPS) is 11.7. The second-order valence-electron chi connectivity index (χ2n) is 6.70. The number of methoxy groups -OCH3 is 1. The number of rotatable bonds is 10. The number of nitro groups is 1. The summed E-state index contributed by atoms with van der Waals surface area (Å²) >= 11 is 1.30. The smallest absolute Gasteiger partial charge is 0.273 e. The Hall–Kier alpha value is -3.44. The highest BCUT2D eigenvalue weighted by atomic mass is 32.2. The van der Waals surface area contributed by atoms with Crippen molar-refractivity contribution in [2.45, 2.75) is 30.4 Å². The molecule has 2 N–H and O–H groups in total. The van der Waals surface area contributed by atoms with E-state index in [4.69, 9.17) is 4.74 Å². The number of thioether (sulfide) groups is 1. The summed E-state index contributed by atoms with van der Waals surface area (Å²) in [6, 6.07) is 12.4. The van der Waals surface area contributed by atoms with Gasteiger partial charge in [0.05, 0.1) is 18.6 Å². The zero-order valence-corrected chi connectivity index (χ0v) is 18.4. The highest BCUT2D eigenvalue weighted by Crippen LogP contribution is 2.28. The van der Waals surface area contributed by atoms with Crippen LogP contribution in [0.5, 0.6) is 5.75 Å². The summed E-state index contributed by atoms with van der Waals surface area (Å²) in [4.78, 5) is 23.4. The highest BCUT2D eigenvalue weighted by molar-refractivity contribution is 7.98. The molecule has 1 atom stereocenters. The molecule has 0 radical (unpaired) electrons. The first-order valence-electron chi connectivity index (χ1n) is 9.82. The number of nitro benzene ring substituents is 1. The molecule has 32 heavy (non-hydrogen) atoms. The van der Waals surface area contributed by atoms with Gasteiger partial charge < -0.3 is 19.7 Å². The van der Waals surface area contributed by atoms with Gasteiger partial charge in [-0.3, -0.25) is 14.9 Å². The Morgan fingerprint density at radius 3 is 2.59 bits per heavy atom. The first-order valence-corrected chi connectivity index (χ1v) is 10.8. The van der Waals surface area contributed by atoms with Gasteiger partial charge in [0.1, 0.15) is 11.8 Å². The average molecular weight is 458 g/mol. The van der Waals surface area contributed by atoms with Gasteiger partial charge in [0.25, 0.3) is 11.6 Å². The van der Waals surface area contributed by atoms with Gasteiger partial charge in [-0.2, -0.15) is 0 Å². The maximum atomic E-state index is 12.6. The molecule has 0 unspecified atom stereocenters. The number of ether oxygens (including phenoxy) is 1. The van der Waals surface area contributed by atoms with Crippen molar-refractivity contribution in [3.05, 3.63) is 75.6 Å². The van der Waals surface area contributed by atoms with Crippen molar-refractivity contribution in [3.63, 3.8) is 0 Å². The van der Waals surface area contributed by atoms with Gasteiger partial charge in [0.15, 0.2) is 11.0 Å². The van der Waals surface area contributed by atoms with Crippen LogP contribution in [0.25, 0.3) is 0 Å². The zero-order chi connectivity index (χ0) is 23.1. The lowest BCUT2D eigenvalue weighted by Crippen LogP contribution is -2.32. The minimum atomic E-state index is -0.766. The molecule has 0 saturated carbocycles. The molecular weight excluding hydrogens is 434 g/mol. The van der Waals surface area contributed by atoms with Crippen molar-refractivity contribution < 1.29 is 19.6 Å². The molecule has 0 aliphatic rings. The Labute approximate surface area is 188 Å². The number of para-hydroxylation sites is 1. The molecule has 0 saturated heterocycles. The van der Waals surface area contributed by atoms with Crippen LogP contribution in [-0.4, -0.2) is 44.4 Å². The van der Waals surface area contributed by atoms with E-state index >= 15 is 0 Å². The summed E-state index contributed by atoms with van der Waals surface area (Å²) in [5.41, 5.74) is 1.03. The Balaban J connectivity index is 1.76. The molecule has 1 heterocycles. The molecule has 10 nitrogen and oxygen atoms in total. The van der Waals surface area contributed by atoms with Crippen LogP contribution in [0.3, 0.4) is 0 Å². The number of nitrogens with one attached hydrogen (secondary N) is 1. The summed E-state index contributed by atoms with van der Waals surface area (Å²) in [5, 5.41) is 32.8. The fourth-order valence-electron chi connectivity index (χ4n) is 3.09. The molecular formula is C21H23N5O5S. The average Bonchev–Trinajstić information content (AvgIpc) is 3.23. The van der Waals surface area contributed by atoms with Gasteiger partial charge in [-0.15, -0.1) is 10.2 Å². The predicted octanol–water partition coefficient (Wildman–Crippen LogP) is 2.97. The van der Waals surface area contributed by atoms with E-state index in [1.165, 1.54) is 17.8 Å². The van der Waals surface area contributed by atoms with Gasteiger partial charge in [-0.05, 0) is 31.2 Å². The maximum Gasteiger partial charge on any atom is 0.273 e. The lowest BCUT2D eigenvalue weighted by Gasteiger charge is -2.17. The number of benzene rings is 2. The van der Waals surface area contributed by atoms with Crippen LogP contribution < -0.4 is 10.1 Å². The number of hydrogen-bond acceptors (Lipinski definition) is 8. The second kappa shape index (κ2) is 10.7. The van der Waals surface area contributed by atoms with E-state index in [-0.39, 0.29) is 18.2 Å².